The zero-order chi connectivity index (χ0) is 9.07. The van der Waals surface area contributed by atoms with Crippen LogP contribution in [0, 0.1) is 0 Å². The van der Waals surface area contributed by atoms with Crippen molar-refractivity contribution >= 4 is 0 Å². The Morgan fingerprint density at radius 3 is 2.25 bits per heavy atom. The molecule has 0 radical (unpaired) electrons. The molecule has 0 saturated carbocycles. The minimum absolute atomic E-state index is 0.936. The third-order valence-electron chi connectivity index (χ3n) is 1.86. The Bertz CT molecular complexity index is 66.2. The van der Waals surface area contributed by atoms with Gasteiger partial charge < -0.3 is 10.1 Å². The third kappa shape index (κ3) is 9.92. The van der Waals surface area contributed by atoms with E-state index in [1.165, 1.54) is 32.1 Å². The quantitative estimate of drug-likeness (QED) is 0.540. The third-order valence-corrected chi connectivity index (χ3v) is 1.86. The molecule has 0 aromatic heterocycles. The van der Waals surface area contributed by atoms with E-state index in [4.69, 9.17) is 4.74 Å². The summed E-state index contributed by atoms with van der Waals surface area (Å²) < 4.78 is 5.45. The summed E-state index contributed by atoms with van der Waals surface area (Å²) in [5.74, 6) is 0. The van der Waals surface area contributed by atoms with Gasteiger partial charge in [0.25, 0.3) is 0 Å². The van der Waals surface area contributed by atoms with E-state index >= 15 is 0 Å². The lowest BCUT2D eigenvalue weighted by Gasteiger charge is -2.02. The van der Waals surface area contributed by atoms with Gasteiger partial charge in [-0.3, -0.25) is 0 Å². The maximum Gasteiger partial charge on any atom is 0.0466 e. The van der Waals surface area contributed by atoms with Gasteiger partial charge in [-0.25, -0.2) is 0 Å². The molecular formula is C10H23NO. The molecule has 2 heteroatoms. The Morgan fingerprint density at radius 1 is 1.00 bits per heavy atom. The summed E-state index contributed by atoms with van der Waals surface area (Å²) in [6.07, 6.45) is 6.22. The SMILES string of the molecule is CCCCCOCCCCNC. The van der Waals surface area contributed by atoms with Crippen molar-refractivity contribution in [3.05, 3.63) is 0 Å². The van der Waals surface area contributed by atoms with Gasteiger partial charge >= 0.3 is 0 Å². The molecule has 0 aliphatic heterocycles. The molecule has 12 heavy (non-hydrogen) atoms. The highest BCUT2D eigenvalue weighted by Crippen LogP contribution is 1.95. The second-order valence-corrected chi connectivity index (χ2v) is 3.13. The molecule has 0 unspecified atom stereocenters. The number of ether oxygens (including phenoxy) is 1. The Kier molecular flexibility index (Phi) is 10.8. The lowest BCUT2D eigenvalue weighted by atomic mass is 10.3. The first-order valence-electron chi connectivity index (χ1n) is 5.14. The van der Waals surface area contributed by atoms with Crippen LogP contribution in [0.3, 0.4) is 0 Å². The standard InChI is InChI=1S/C10H23NO/c1-3-4-6-9-12-10-7-5-8-11-2/h11H,3-10H2,1-2H3. The molecule has 0 aliphatic rings. The average Bonchev–Trinajstić information content (AvgIpc) is 2.10. The Hall–Kier alpha value is -0.0800. The van der Waals surface area contributed by atoms with Crippen LogP contribution in [-0.4, -0.2) is 26.8 Å². The van der Waals surface area contributed by atoms with E-state index in [0.29, 0.717) is 0 Å². The van der Waals surface area contributed by atoms with E-state index in [2.05, 4.69) is 12.2 Å². The van der Waals surface area contributed by atoms with Crippen LogP contribution in [0.1, 0.15) is 39.0 Å². The van der Waals surface area contributed by atoms with Crippen molar-refractivity contribution in [2.24, 2.45) is 0 Å². The van der Waals surface area contributed by atoms with Crippen molar-refractivity contribution in [1.82, 2.24) is 5.32 Å². The molecule has 0 fully saturated rings. The van der Waals surface area contributed by atoms with Gasteiger partial charge in [-0.15, -0.1) is 0 Å². The summed E-state index contributed by atoms with van der Waals surface area (Å²) >= 11 is 0. The Balaban J connectivity index is 2.73. The van der Waals surface area contributed by atoms with E-state index in [0.717, 1.165) is 19.8 Å². The molecule has 2 nitrogen and oxygen atoms in total. The van der Waals surface area contributed by atoms with Crippen LogP contribution >= 0.6 is 0 Å². The molecule has 0 rings (SSSR count). The number of unbranched alkanes of at least 4 members (excludes halogenated alkanes) is 3. The smallest absolute Gasteiger partial charge is 0.0466 e. The summed E-state index contributed by atoms with van der Waals surface area (Å²) in [4.78, 5) is 0. The van der Waals surface area contributed by atoms with E-state index in [1.807, 2.05) is 7.05 Å². The fourth-order valence-corrected chi connectivity index (χ4v) is 1.06. The summed E-state index contributed by atoms with van der Waals surface area (Å²) in [5, 5.41) is 3.12. The topological polar surface area (TPSA) is 21.3 Å². The van der Waals surface area contributed by atoms with Crippen LogP contribution in [0.2, 0.25) is 0 Å². The molecule has 0 atom stereocenters. The van der Waals surface area contributed by atoms with Gasteiger partial charge in [0.2, 0.25) is 0 Å². The predicted octanol–water partition coefficient (Wildman–Crippen LogP) is 2.19. The van der Waals surface area contributed by atoms with Crippen LogP contribution in [0.25, 0.3) is 0 Å². The number of nitrogens with one attached hydrogen (secondary N) is 1. The molecule has 0 aromatic rings. The molecule has 1 N–H and O–H groups in total. The lowest BCUT2D eigenvalue weighted by molar-refractivity contribution is 0.126. The van der Waals surface area contributed by atoms with Gasteiger partial charge in [0.15, 0.2) is 0 Å². The van der Waals surface area contributed by atoms with E-state index in [9.17, 15) is 0 Å². The summed E-state index contributed by atoms with van der Waals surface area (Å²) in [6, 6.07) is 0. The zero-order valence-electron chi connectivity index (χ0n) is 8.57. The molecule has 0 aromatic carbocycles. The maximum atomic E-state index is 5.45. The second kappa shape index (κ2) is 10.9. The van der Waals surface area contributed by atoms with Gasteiger partial charge in [-0.2, -0.15) is 0 Å². The highest BCUT2D eigenvalue weighted by molar-refractivity contribution is 4.42. The fourth-order valence-electron chi connectivity index (χ4n) is 1.06. The first kappa shape index (κ1) is 11.9. The van der Waals surface area contributed by atoms with Crippen molar-refractivity contribution in [3.63, 3.8) is 0 Å². The van der Waals surface area contributed by atoms with Gasteiger partial charge in [-0.05, 0) is 32.9 Å². The highest BCUT2D eigenvalue weighted by atomic mass is 16.5. The van der Waals surface area contributed by atoms with Gasteiger partial charge in [-0.1, -0.05) is 19.8 Å². The molecular weight excluding hydrogens is 150 g/mol. The average molecular weight is 173 g/mol. The van der Waals surface area contributed by atoms with Crippen LogP contribution in [0.5, 0.6) is 0 Å². The summed E-state index contributed by atoms with van der Waals surface area (Å²) in [7, 11) is 1.99. The molecule has 0 amide bonds. The minimum atomic E-state index is 0.936. The molecule has 0 spiro atoms. The number of hydrogen-bond acceptors (Lipinski definition) is 2. The second-order valence-electron chi connectivity index (χ2n) is 3.13. The molecule has 0 saturated heterocycles. The predicted molar refractivity (Wildman–Crippen MR) is 53.5 cm³/mol. The van der Waals surface area contributed by atoms with Crippen molar-refractivity contribution in [1.29, 1.82) is 0 Å². The first-order chi connectivity index (χ1) is 5.91. The Morgan fingerprint density at radius 2 is 1.67 bits per heavy atom. The normalized spacial score (nSPS) is 10.5. The maximum absolute atomic E-state index is 5.45. The monoisotopic (exact) mass is 173 g/mol. The van der Waals surface area contributed by atoms with Gasteiger partial charge in [0.1, 0.15) is 0 Å². The molecule has 74 valence electrons. The highest BCUT2D eigenvalue weighted by Gasteiger charge is 1.89. The summed E-state index contributed by atoms with van der Waals surface area (Å²) in [6.45, 7) is 5.21. The van der Waals surface area contributed by atoms with E-state index < -0.39 is 0 Å². The van der Waals surface area contributed by atoms with Crippen molar-refractivity contribution in [3.8, 4) is 0 Å². The Labute approximate surface area is 76.7 Å². The first-order valence-corrected chi connectivity index (χ1v) is 5.14. The van der Waals surface area contributed by atoms with Crippen molar-refractivity contribution < 1.29 is 4.74 Å². The fraction of sp³-hybridized carbons (Fsp3) is 1.00. The number of rotatable bonds is 9. The van der Waals surface area contributed by atoms with E-state index in [-0.39, 0.29) is 0 Å². The molecule has 0 aliphatic carbocycles. The van der Waals surface area contributed by atoms with E-state index in [1.54, 1.807) is 0 Å². The summed E-state index contributed by atoms with van der Waals surface area (Å²) in [5.41, 5.74) is 0. The van der Waals surface area contributed by atoms with Crippen molar-refractivity contribution in [2.75, 3.05) is 26.8 Å². The van der Waals surface area contributed by atoms with Crippen LogP contribution < -0.4 is 5.32 Å². The van der Waals surface area contributed by atoms with Crippen LogP contribution in [0.15, 0.2) is 0 Å². The minimum Gasteiger partial charge on any atom is -0.381 e. The van der Waals surface area contributed by atoms with Gasteiger partial charge in [0, 0.05) is 13.2 Å². The number of hydrogen-bond donors (Lipinski definition) is 1. The largest absolute Gasteiger partial charge is 0.381 e. The lowest BCUT2D eigenvalue weighted by Crippen LogP contribution is -2.08. The zero-order valence-corrected chi connectivity index (χ0v) is 8.57. The van der Waals surface area contributed by atoms with Gasteiger partial charge in [0.05, 0.1) is 0 Å². The molecule has 0 bridgehead atoms. The van der Waals surface area contributed by atoms with Crippen molar-refractivity contribution in [2.45, 2.75) is 39.0 Å². The van der Waals surface area contributed by atoms with Crippen LogP contribution in [-0.2, 0) is 4.74 Å². The van der Waals surface area contributed by atoms with Crippen LogP contribution in [0.4, 0.5) is 0 Å². The molecule has 0 heterocycles.